The quantitative estimate of drug-likeness (QED) is 0.821. The maximum absolute atomic E-state index is 12.9. The Morgan fingerprint density at radius 2 is 1.96 bits per heavy atom. The van der Waals surface area contributed by atoms with Crippen LogP contribution in [0.5, 0.6) is 0 Å². The third kappa shape index (κ3) is 3.09. The second kappa shape index (κ2) is 6.51. The fourth-order valence-electron chi connectivity index (χ4n) is 5.25. The monoisotopic (exact) mass is 386 g/mol. The first-order chi connectivity index (χ1) is 13.2. The lowest BCUT2D eigenvalue weighted by molar-refractivity contribution is -0.166. The third-order valence-electron chi connectivity index (χ3n) is 6.89. The lowest BCUT2D eigenvalue weighted by Crippen LogP contribution is -2.68. The van der Waals surface area contributed by atoms with Gasteiger partial charge in [0.2, 0.25) is 5.91 Å². The number of nitrogens with zero attached hydrogens (tertiary/aromatic N) is 3. The van der Waals surface area contributed by atoms with Crippen molar-refractivity contribution in [1.29, 1.82) is 0 Å². The zero-order valence-corrected chi connectivity index (χ0v) is 17.1. The van der Waals surface area contributed by atoms with Crippen LogP contribution in [0.25, 0.3) is 0 Å². The highest BCUT2D eigenvalue weighted by Gasteiger charge is 2.63. The van der Waals surface area contributed by atoms with Crippen LogP contribution < -0.4 is 5.32 Å². The Kier molecular flexibility index (Phi) is 4.49. The van der Waals surface area contributed by atoms with E-state index in [1.54, 1.807) is 6.20 Å². The first-order valence-electron chi connectivity index (χ1n) is 10.2. The fraction of sp³-hybridized carbons (Fsp3) is 0.714. The van der Waals surface area contributed by atoms with E-state index in [-0.39, 0.29) is 40.4 Å². The van der Waals surface area contributed by atoms with Crippen LogP contribution in [-0.2, 0) is 4.79 Å². The van der Waals surface area contributed by atoms with Crippen LogP contribution in [0.4, 0.5) is 0 Å². The van der Waals surface area contributed by atoms with Crippen molar-refractivity contribution >= 4 is 11.8 Å². The number of carbonyl (C=O) groups excluding carboxylic acids is 2. The second-order valence-electron chi connectivity index (χ2n) is 9.64. The Balaban J connectivity index is 1.46. The number of aliphatic hydroxyl groups is 1. The molecule has 1 aromatic rings. The Bertz CT molecular complexity index is 789. The molecule has 1 aromatic heterocycles. The summed E-state index contributed by atoms with van der Waals surface area (Å²) >= 11 is 0. The number of nitrogens with one attached hydrogen (secondary N) is 1. The van der Waals surface area contributed by atoms with Gasteiger partial charge in [-0.3, -0.25) is 14.6 Å². The lowest BCUT2D eigenvalue weighted by Gasteiger charge is -2.59. The topological polar surface area (TPSA) is 95.4 Å². The number of aryl methyl sites for hydroxylation is 1. The number of hydrogen-bond acceptors (Lipinski definition) is 5. The van der Waals surface area contributed by atoms with Gasteiger partial charge >= 0.3 is 0 Å². The molecular weight excluding hydrogens is 356 g/mol. The van der Waals surface area contributed by atoms with E-state index in [1.807, 2.05) is 18.7 Å². The number of aromatic nitrogens is 2. The highest BCUT2D eigenvalue weighted by molar-refractivity contribution is 5.92. The zero-order valence-electron chi connectivity index (χ0n) is 17.1. The SMILES string of the molecule is Cc1cnc(C(=O)N[C@@H]2CC3(C[C@H]2O)CN(C(=O)C2(C)CC2)C3C(C)C)cn1. The molecule has 4 rings (SSSR count). The Morgan fingerprint density at radius 3 is 2.54 bits per heavy atom. The maximum atomic E-state index is 12.9. The molecule has 0 aromatic carbocycles. The summed E-state index contributed by atoms with van der Waals surface area (Å²) < 4.78 is 0. The van der Waals surface area contributed by atoms with Gasteiger partial charge in [0, 0.05) is 29.6 Å². The molecule has 2 amide bonds. The van der Waals surface area contributed by atoms with Crippen LogP contribution in [0.1, 0.15) is 62.6 Å². The van der Waals surface area contributed by atoms with Crippen LogP contribution in [0, 0.1) is 23.7 Å². The zero-order chi connectivity index (χ0) is 20.3. The van der Waals surface area contributed by atoms with Gasteiger partial charge in [-0.2, -0.15) is 0 Å². The molecule has 28 heavy (non-hydrogen) atoms. The molecular formula is C21H30N4O3. The molecule has 3 fully saturated rings. The van der Waals surface area contributed by atoms with Gasteiger partial charge in [-0.25, -0.2) is 4.98 Å². The van der Waals surface area contributed by atoms with E-state index >= 15 is 0 Å². The van der Waals surface area contributed by atoms with E-state index in [4.69, 9.17) is 0 Å². The highest BCUT2D eigenvalue weighted by atomic mass is 16.3. The van der Waals surface area contributed by atoms with E-state index in [0.29, 0.717) is 25.3 Å². The second-order valence-corrected chi connectivity index (χ2v) is 9.64. The summed E-state index contributed by atoms with van der Waals surface area (Å²) in [5.41, 5.74) is 0.709. The van der Waals surface area contributed by atoms with E-state index < -0.39 is 6.10 Å². The predicted molar refractivity (Wildman–Crippen MR) is 103 cm³/mol. The predicted octanol–water partition coefficient (Wildman–Crippen LogP) is 1.69. The average Bonchev–Trinajstić information content (AvgIpc) is 3.28. The molecule has 7 heteroatoms. The molecule has 2 saturated carbocycles. The summed E-state index contributed by atoms with van der Waals surface area (Å²) in [5.74, 6) is 0.255. The van der Waals surface area contributed by atoms with Crippen molar-refractivity contribution < 1.29 is 14.7 Å². The number of likely N-dealkylation sites (tertiary alicyclic amines) is 1. The molecule has 3 aliphatic rings. The van der Waals surface area contributed by atoms with Crippen molar-refractivity contribution in [2.24, 2.45) is 16.7 Å². The molecule has 2 unspecified atom stereocenters. The normalized spacial score (nSPS) is 33.1. The molecule has 0 radical (unpaired) electrons. The summed E-state index contributed by atoms with van der Waals surface area (Å²) in [6, 6.07) is -0.209. The standard InChI is InChI=1S/C21H30N4O3/c1-12(2)17-21(11-25(17)19(28)20(4)5-6-20)7-14(16(26)8-21)24-18(27)15-10-22-13(3)9-23-15/h9-10,12,14,16-17,26H,5-8,11H2,1-4H3,(H,24,27)/t14-,16-,17?,21?/m1/s1. The number of aliphatic hydroxyl groups excluding tert-OH is 1. The molecule has 7 nitrogen and oxygen atoms in total. The summed E-state index contributed by atoms with van der Waals surface area (Å²) in [4.78, 5) is 35.7. The average molecular weight is 386 g/mol. The Morgan fingerprint density at radius 1 is 1.25 bits per heavy atom. The number of hydrogen-bond donors (Lipinski definition) is 2. The first kappa shape index (κ1) is 19.3. The molecule has 152 valence electrons. The minimum Gasteiger partial charge on any atom is -0.391 e. The lowest BCUT2D eigenvalue weighted by atomic mass is 9.65. The molecule has 4 atom stereocenters. The van der Waals surface area contributed by atoms with Gasteiger partial charge in [0.25, 0.3) is 5.91 Å². The largest absolute Gasteiger partial charge is 0.391 e. The number of carbonyl (C=O) groups is 2. The fourth-order valence-corrected chi connectivity index (χ4v) is 5.25. The van der Waals surface area contributed by atoms with E-state index in [1.165, 1.54) is 6.20 Å². The molecule has 0 bridgehead atoms. The van der Waals surface area contributed by atoms with Gasteiger partial charge < -0.3 is 15.3 Å². The first-order valence-corrected chi connectivity index (χ1v) is 10.2. The van der Waals surface area contributed by atoms with E-state index in [0.717, 1.165) is 18.5 Å². The van der Waals surface area contributed by atoms with Gasteiger partial charge in [0.15, 0.2) is 0 Å². The van der Waals surface area contributed by atoms with Crippen LogP contribution in [0.15, 0.2) is 12.4 Å². The van der Waals surface area contributed by atoms with Crippen LogP contribution >= 0.6 is 0 Å². The summed E-state index contributed by atoms with van der Waals surface area (Å²) in [7, 11) is 0. The maximum Gasteiger partial charge on any atom is 0.271 e. The van der Waals surface area contributed by atoms with Crippen LogP contribution in [-0.4, -0.2) is 56.5 Å². The molecule has 2 aliphatic carbocycles. The smallest absolute Gasteiger partial charge is 0.271 e. The number of amides is 2. The molecule has 2 heterocycles. The summed E-state index contributed by atoms with van der Waals surface area (Å²) in [6.07, 6.45) is 5.64. The van der Waals surface area contributed by atoms with Crippen molar-refractivity contribution in [2.75, 3.05) is 6.54 Å². The molecule has 1 saturated heterocycles. The van der Waals surface area contributed by atoms with Gasteiger partial charge in [0.05, 0.1) is 24.0 Å². The van der Waals surface area contributed by atoms with Crippen molar-refractivity contribution in [2.45, 2.75) is 71.6 Å². The van der Waals surface area contributed by atoms with Crippen molar-refractivity contribution in [3.05, 3.63) is 23.8 Å². The molecule has 1 spiro atoms. The Hall–Kier alpha value is -2.02. The van der Waals surface area contributed by atoms with Gasteiger partial charge in [-0.1, -0.05) is 20.8 Å². The van der Waals surface area contributed by atoms with Crippen LogP contribution in [0.3, 0.4) is 0 Å². The van der Waals surface area contributed by atoms with Gasteiger partial charge in [-0.15, -0.1) is 0 Å². The summed E-state index contributed by atoms with van der Waals surface area (Å²) in [6.45, 7) is 8.82. The van der Waals surface area contributed by atoms with E-state index in [9.17, 15) is 14.7 Å². The molecule has 1 aliphatic heterocycles. The van der Waals surface area contributed by atoms with Gasteiger partial charge in [-0.05, 0) is 38.5 Å². The van der Waals surface area contributed by atoms with Crippen molar-refractivity contribution in [3.63, 3.8) is 0 Å². The van der Waals surface area contributed by atoms with E-state index in [2.05, 4.69) is 29.1 Å². The third-order valence-corrected chi connectivity index (χ3v) is 6.89. The minimum absolute atomic E-state index is 0.119. The Labute approximate surface area is 165 Å². The van der Waals surface area contributed by atoms with Crippen molar-refractivity contribution in [1.82, 2.24) is 20.2 Å². The number of rotatable bonds is 4. The van der Waals surface area contributed by atoms with Gasteiger partial charge in [0.1, 0.15) is 5.69 Å². The molecule has 2 N–H and O–H groups in total. The van der Waals surface area contributed by atoms with Crippen molar-refractivity contribution in [3.8, 4) is 0 Å². The highest BCUT2D eigenvalue weighted by Crippen LogP contribution is 2.56. The minimum atomic E-state index is -0.614. The van der Waals surface area contributed by atoms with Crippen LogP contribution in [0.2, 0.25) is 0 Å². The summed E-state index contributed by atoms with van der Waals surface area (Å²) in [5, 5.41) is 13.6.